The normalized spacial score (nSPS) is 10.1. The molecule has 0 aliphatic heterocycles. The van der Waals surface area contributed by atoms with Crippen LogP contribution >= 0.6 is 27.5 Å². The SMILES string of the molecule is Cc1cc(Cl)cc(CBr)c1[N+](=O)[O-]. The van der Waals surface area contributed by atoms with Gasteiger partial charge in [0.25, 0.3) is 5.69 Å². The zero-order chi connectivity index (χ0) is 10.0. The van der Waals surface area contributed by atoms with Gasteiger partial charge in [0.2, 0.25) is 0 Å². The van der Waals surface area contributed by atoms with Crippen LogP contribution in [-0.2, 0) is 5.33 Å². The smallest absolute Gasteiger partial charge is 0.258 e. The van der Waals surface area contributed by atoms with E-state index in [2.05, 4.69) is 15.9 Å². The van der Waals surface area contributed by atoms with E-state index in [1.165, 1.54) is 0 Å². The van der Waals surface area contributed by atoms with Crippen molar-refractivity contribution in [3.05, 3.63) is 38.4 Å². The number of aryl methyl sites for hydroxylation is 1. The van der Waals surface area contributed by atoms with Crippen LogP contribution in [0, 0.1) is 17.0 Å². The molecule has 0 unspecified atom stereocenters. The molecule has 70 valence electrons. The third kappa shape index (κ3) is 2.19. The summed E-state index contributed by atoms with van der Waals surface area (Å²) in [6.45, 7) is 1.68. The number of rotatable bonds is 2. The lowest BCUT2D eigenvalue weighted by Gasteiger charge is -2.02. The summed E-state index contributed by atoms with van der Waals surface area (Å²) >= 11 is 8.94. The lowest BCUT2D eigenvalue weighted by Crippen LogP contribution is -1.96. The molecule has 1 aromatic carbocycles. The van der Waals surface area contributed by atoms with Crippen molar-refractivity contribution in [3.63, 3.8) is 0 Å². The monoisotopic (exact) mass is 263 g/mol. The van der Waals surface area contributed by atoms with E-state index in [4.69, 9.17) is 11.6 Å². The molecule has 0 aliphatic rings. The number of benzene rings is 1. The number of alkyl halides is 1. The lowest BCUT2D eigenvalue weighted by molar-refractivity contribution is -0.386. The molecule has 0 heterocycles. The first kappa shape index (κ1) is 10.5. The quantitative estimate of drug-likeness (QED) is 0.466. The second kappa shape index (κ2) is 4.07. The Labute approximate surface area is 89.0 Å². The highest BCUT2D eigenvalue weighted by Crippen LogP contribution is 2.28. The Bertz CT molecular complexity index is 354. The van der Waals surface area contributed by atoms with E-state index in [1.54, 1.807) is 19.1 Å². The molecule has 0 N–H and O–H groups in total. The fourth-order valence-electron chi connectivity index (χ4n) is 1.17. The van der Waals surface area contributed by atoms with Gasteiger partial charge in [-0.15, -0.1) is 0 Å². The maximum absolute atomic E-state index is 10.7. The van der Waals surface area contributed by atoms with Crippen LogP contribution in [0.3, 0.4) is 0 Å². The van der Waals surface area contributed by atoms with Gasteiger partial charge in [-0.3, -0.25) is 10.1 Å². The minimum Gasteiger partial charge on any atom is -0.258 e. The van der Waals surface area contributed by atoms with Gasteiger partial charge in [-0.05, 0) is 19.1 Å². The van der Waals surface area contributed by atoms with E-state index in [9.17, 15) is 10.1 Å². The topological polar surface area (TPSA) is 43.1 Å². The highest BCUT2D eigenvalue weighted by Gasteiger charge is 2.16. The number of nitrogens with zero attached hydrogens (tertiary/aromatic N) is 1. The van der Waals surface area contributed by atoms with Crippen LogP contribution in [0.15, 0.2) is 12.1 Å². The maximum Gasteiger partial charge on any atom is 0.276 e. The van der Waals surface area contributed by atoms with Crippen molar-refractivity contribution in [2.24, 2.45) is 0 Å². The molecule has 0 saturated heterocycles. The first-order valence-electron chi connectivity index (χ1n) is 3.55. The van der Waals surface area contributed by atoms with Gasteiger partial charge >= 0.3 is 0 Å². The Balaban J connectivity index is 3.38. The molecular formula is C8H7BrClNO2. The molecule has 0 atom stereocenters. The van der Waals surface area contributed by atoms with Crippen molar-refractivity contribution in [2.75, 3.05) is 0 Å². The van der Waals surface area contributed by atoms with Gasteiger partial charge < -0.3 is 0 Å². The highest BCUT2D eigenvalue weighted by molar-refractivity contribution is 9.08. The third-order valence-corrected chi connectivity index (χ3v) is 2.49. The molecule has 1 aromatic rings. The Morgan fingerprint density at radius 2 is 2.23 bits per heavy atom. The van der Waals surface area contributed by atoms with Crippen LogP contribution < -0.4 is 0 Å². The van der Waals surface area contributed by atoms with Crippen molar-refractivity contribution >= 4 is 33.2 Å². The fourth-order valence-corrected chi connectivity index (χ4v) is 1.89. The van der Waals surface area contributed by atoms with Crippen LogP contribution in [0.1, 0.15) is 11.1 Å². The Morgan fingerprint density at radius 1 is 1.62 bits per heavy atom. The summed E-state index contributed by atoms with van der Waals surface area (Å²) in [4.78, 5) is 10.3. The van der Waals surface area contributed by atoms with Gasteiger partial charge in [0, 0.05) is 21.5 Å². The Kier molecular flexibility index (Phi) is 3.27. The van der Waals surface area contributed by atoms with Gasteiger partial charge in [0.1, 0.15) is 0 Å². The standard InChI is InChI=1S/C8H7BrClNO2/c1-5-2-7(10)3-6(4-9)8(5)11(12)13/h2-3H,4H2,1H3. The van der Waals surface area contributed by atoms with Gasteiger partial charge in [-0.2, -0.15) is 0 Å². The van der Waals surface area contributed by atoms with Crippen molar-refractivity contribution in [1.29, 1.82) is 0 Å². The first-order chi connectivity index (χ1) is 6.06. The average Bonchev–Trinajstić information content (AvgIpc) is 2.01. The summed E-state index contributed by atoms with van der Waals surface area (Å²) in [5, 5.41) is 11.6. The molecule has 1 rings (SSSR count). The second-order valence-electron chi connectivity index (χ2n) is 2.62. The minimum absolute atomic E-state index is 0.140. The van der Waals surface area contributed by atoms with Crippen LogP contribution in [-0.4, -0.2) is 4.92 Å². The average molecular weight is 265 g/mol. The van der Waals surface area contributed by atoms with E-state index in [1.807, 2.05) is 0 Å². The van der Waals surface area contributed by atoms with Crippen LogP contribution in [0.2, 0.25) is 5.02 Å². The van der Waals surface area contributed by atoms with Crippen molar-refractivity contribution < 1.29 is 4.92 Å². The molecule has 0 spiro atoms. The molecule has 13 heavy (non-hydrogen) atoms. The molecule has 0 aromatic heterocycles. The van der Waals surface area contributed by atoms with E-state index in [0.717, 1.165) is 0 Å². The van der Waals surface area contributed by atoms with Gasteiger partial charge in [0.15, 0.2) is 0 Å². The molecule has 0 fully saturated rings. The van der Waals surface area contributed by atoms with Gasteiger partial charge in [0.05, 0.1) is 4.92 Å². The number of nitro groups is 1. The van der Waals surface area contributed by atoms with Crippen molar-refractivity contribution in [3.8, 4) is 0 Å². The first-order valence-corrected chi connectivity index (χ1v) is 5.05. The highest BCUT2D eigenvalue weighted by atomic mass is 79.9. The van der Waals surface area contributed by atoms with Crippen LogP contribution in [0.5, 0.6) is 0 Å². The number of nitro benzene ring substituents is 1. The van der Waals surface area contributed by atoms with Crippen molar-refractivity contribution in [1.82, 2.24) is 0 Å². The summed E-state index contributed by atoms with van der Waals surface area (Å²) in [5.74, 6) is 0. The zero-order valence-electron chi connectivity index (χ0n) is 6.88. The summed E-state index contributed by atoms with van der Waals surface area (Å²) < 4.78 is 0. The number of hydrogen-bond acceptors (Lipinski definition) is 2. The van der Waals surface area contributed by atoms with E-state index < -0.39 is 0 Å². The molecule has 3 nitrogen and oxygen atoms in total. The molecule has 0 aliphatic carbocycles. The summed E-state index contributed by atoms with van der Waals surface area (Å²) in [7, 11) is 0. The predicted molar refractivity (Wildman–Crippen MR) is 55.5 cm³/mol. The summed E-state index contributed by atoms with van der Waals surface area (Å²) in [6, 6.07) is 3.19. The minimum atomic E-state index is -0.387. The van der Waals surface area contributed by atoms with Gasteiger partial charge in [-0.25, -0.2) is 0 Å². The molecule has 0 bridgehead atoms. The molecule has 0 radical (unpaired) electrons. The summed E-state index contributed by atoms with van der Waals surface area (Å²) in [6.07, 6.45) is 0. The fraction of sp³-hybridized carbons (Fsp3) is 0.250. The van der Waals surface area contributed by atoms with E-state index >= 15 is 0 Å². The van der Waals surface area contributed by atoms with Crippen LogP contribution in [0.4, 0.5) is 5.69 Å². The van der Waals surface area contributed by atoms with E-state index in [0.29, 0.717) is 21.5 Å². The lowest BCUT2D eigenvalue weighted by atomic mass is 10.1. The molecule has 5 heteroatoms. The maximum atomic E-state index is 10.7. The summed E-state index contributed by atoms with van der Waals surface area (Å²) in [5.41, 5.74) is 1.34. The largest absolute Gasteiger partial charge is 0.276 e. The van der Waals surface area contributed by atoms with E-state index in [-0.39, 0.29) is 10.6 Å². The Hall–Kier alpha value is -0.610. The van der Waals surface area contributed by atoms with Crippen molar-refractivity contribution in [2.45, 2.75) is 12.3 Å². The molecule has 0 amide bonds. The molecular weight excluding hydrogens is 257 g/mol. The number of halogens is 2. The number of hydrogen-bond donors (Lipinski definition) is 0. The molecule has 0 saturated carbocycles. The van der Waals surface area contributed by atoms with Crippen LogP contribution in [0.25, 0.3) is 0 Å². The second-order valence-corrected chi connectivity index (χ2v) is 3.62. The Morgan fingerprint density at radius 3 is 2.69 bits per heavy atom. The predicted octanol–water partition coefficient (Wildman–Crippen LogP) is 3.45. The third-order valence-electron chi connectivity index (χ3n) is 1.67. The zero-order valence-corrected chi connectivity index (χ0v) is 9.22. The van der Waals surface area contributed by atoms with Gasteiger partial charge in [-0.1, -0.05) is 27.5 Å².